The molecule has 19 heavy (non-hydrogen) atoms. The molecule has 0 bridgehead atoms. The number of aliphatic hydroxyl groups excluding tert-OH is 1. The first-order valence-electron chi connectivity index (χ1n) is 5.94. The Kier molecular flexibility index (Phi) is 6.11. The van der Waals surface area contributed by atoms with Crippen LogP contribution in [0.15, 0.2) is 24.3 Å². The van der Waals surface area contributed by atoms with Gasteiger partial charge in [0.15, 0.2) is 0 Å². The van der Waals surface area contributed by atoms with Crippen LogP contribution in [-0.2, 0) is 4.74 Å². The molecular formula is C13H17F3O3. The number of hydrogen-bond donors (Lipinski definition) is 1. The second-order valence-electron chi connectivity index (χ2n) is 4.08. The van der Waals surface area contributed by atoms with Crippen LogP contribution in [0.3, 0.4) is 0 Å². The van der Waals surface area contributed by atoms with E-state index in [1.54, 1.807) is 31.2 Å². The molecule has 0 saturated heterocycles. The number of para-hydroxylation sites is 1. The zero-order valence-corrected chi connectivity index (χ0v) is 10.6. The van der Waals surface area contributed by atoms with Crippen molar-refractivity contribution < 1.29 is 27.8 Å². The fourth-order valence-corrected chi connectivity index (χ4v) is 1.49. The average molecular weight is 278 g/mol. The van der Waals surface area contributed by atoms with Crippen LogP contribution in [0.4, 0.5) is 13.2 Å². The highest BCUT2D eigenvalue weighted by Gasteiger charge is 2.27. The van der Waals surface area contributed by atoms with E-state index in [1.807, 2.05) is 0 Å². The third-order valence-corrected chi connectivity index (χ3v) is 2.33. The van der Waals surface area contributed by atoms with Gasteiger partial charge in [-0.05, 0) is 13.0 Å². The zero-order valence-electron chi connectivity index (χ0n) is 10.6. The number of rotatable bonds is 7. The number of hydrogen-bond acceptors (Lipinski definition) is 3. The molecular weight excluding hydrogens is 261 g/mol. The van der Waals surface area contributed by atoms with E-state index in [0.29, 0.717) is 17.7 Å². The van der Waals surface area contributed by atoms with Crippen molar-refractivity contribution >= 4 is 0 Å². The first-order valence-corrected chi connectivity index (χ1v) is 5.94. The summed E-state index contributed by atoms with van der Waals surface area (Å²) in [4.78, 5) is 0. The molecule has 6 heteroatoms. The summed E-state index contributed by atoms with van der Waals surface area (Å²) in [5.41, 5.74) is 0.652. The number of aliphatic hydroxyl groups is 1. The lowest BCUT2D eigenvalue weighted by molar-refractivity contribution is -0.174. The van der Waals surface area contributed by atoms with E-state index in [0.717, 1.165) is 0 Å². The van der Waals surface area contributed by atoms with Crippen LogP contribution in [-0.4, -0.2) is 31.1 Å². The summed E-state index contributed by atoms with van der Waals surface area (Å²) in [5, 5.41) is 9.51. The van der Waals surface area contributed by atoms with Crippen LogP contribution in [0.5, 0.6) is 5.75 Å². The number of halogens is 3. The van der Waals surface area contributed by atoms with E-state index in [2.05, 4.69) is 4.74 Å². The fourth-order valence-electron chi connectivity index (χ4n) is 1.49. The maximum absolute atomic E-state index is 11.8. The Morgan fingerprint density at radius 1 is 1.21 bits per heavy atom. The van der Waals surface area contributed by atoms with E-state index in [1.165, 1.54) is 0 Å². The molecule has 0 aliphatic rings. The van der Waals surface area contributed by atoms with Crippen molar-refractivity contribution in [3.63, 3.8) is 0 Å². The maximum atomic E-state index is 11.8. The summed E-state index contributed by atoms with van der Waals surface area (Å²) < 4.78 is 45.2. The van der Waals surface area contributed by atoms with Crippen molar-refractivity contribution in [1.29, 1.82) is 0 Å². The van der Waals surface area contributed by atoms with E-state index < -0.39 is 18.9 Å². The Morgan fingerprint density at radius 2 is 1.89 bits per heavy atom. The lowest BCUT2D eigenvalue weighted by Crippen LogP contribution is -2.18. The SMILES string of the molecule is CC(O)c1ccccc1OCCCOCC(F)(F)F. The molecule has 1 aromatic rings. The van der Waals surface area contributed by atoms with Crippen molar-refractivity contribution in [2.45, 2.75) is 25.6 Å². The molecule has 1 N–H and O–H groups in total. The molecule has 0 heterocycles. The molecule has 108 valence electrons. The lowest BCUT2D eigenvalue weighted by Gasteiger charge is -2.13. The Hall–Kier alpha value is -1.27. The molecule has 3 nitrogen and oxygen atoms in total. The molecule has 0 aromatic heterocycles. The van der Waals surface area contributed by atoms with Crippen LogP contribution in [0.1, 0.15) is 25.0 Å². The highest BCUT2D eigenvalue weighted by atomic mass is 19.4. The van der Waals surface area contributed by atoms with Crippen molar-refractivity contribution in [3.8, 4) is 5.75 Å². The second-order valence-corrected chi connectivity index (χ2v) is 4.08. The minimum Gasteiger partial charge on any atom is -0.493 e. The number of ether oxygens (including phenoxy) is 2. The molecule has 0 aliphatic carbocycles. The molecule has 1 unspecified atom stereocenters. The fraction of sp³-hybridized carbons (Fsp3) is 0.538. The highest BCUT2D eigenvalue weighted by Crippen LogP contribution is 2.24. The van der Waals surface area contributed by atoms with Gasteiger partial charge in [-0.15, -0.1) is 0 Å². The molecule has 0 radical (unpaired) electrons. The van der Waals surface area contributed by atoms with Crippen LogP contribution in [0.25, 0.3) is 0 Å². The first kappa shape index (κ1) is 15.8. The zero-order chi connectivity index (χ0) is 14.3. The molecule has 0 aliphatic heterocycles. The van der Waals surface area contributed by atoms with Gasteiger partial charge in [-0.25, -0.2) is 0 Å². The third kappa shape index (κ3) is 6.45. The minimum atomic E-state index is -4.29. The molecule has 0 amide bonds. The Bertz CT molecular complexity index is 378. The highest BCUT2D eigenvalue weighted by molar-refractivity contribution is 5.34. The molecule has 0 saturated carbocycles. The predicted molar refractivity (Wildman–Crippen MR) is 64.1 cm³/mol. The molecule has 0 spiro atoms. The van der Waals surface area contributed by atoms with Crippen LogP contribution < -0.4 is 4.74 Å². The summed E-state index contributed by atoms with van der Waals surface area (Å²) in [6, 6.07) is 6.99. The summed E-state index contributed by atoms with van der Waals surface area (Å²) in [5.74, 6) is 0.535. The first-order chi connectivity index (χ1) is 8.90. The number of alkyl halides is 3. The predicted octanol–water partition coefficient (Wildman–Crippen LogP) is 3.09. The average Bonchev–Trinajstić information content (AvgIpc) is 2.32. The lowest BCUT2D eigenvalue weighted by atomic mass is 10.1. The number of benzene rings is 1. The van der Waals surface area contributed by atoms with Gasteiger partial charge < -0.3 is 14.6 Å². The summed E-state index contributed by atoms with van der Waals surface area (Å²) in [7, 11) is 0. The van der Waals surface area contributed by atoms with Crippen molar-refractivity contribution in [2.24, 2.45) is 0 Å². The topological polar surface area (TPSA) is 38.7 Å². The van der Waals surface area contributed by atoms with Gasteiger partial charge in [0.2, 0.25) is 0 Å². The summed E-state index contributed by atoms with van der Waals surface area (Å²) in [6.45, 7) is 0.601. The Balaban J connectivity index is 2.26. The van der Waals surface area contributed by atoms with Crippen LogP contribution in [0, 0.1) is 0 Å². The Labute approximate surface area is 110 Å². The van der Waals surface area contributed by atoms with E-state index >= 15 is 0 Å². The molecule has 1 rings (SSSR count). The van der Waals surface area contributed by atoms with Gasteiger partial charge in [0, 0.05) is 12.0 Å². The maximum Gasteiger partial charge on any atom is 0.411 e. The van der Waals surface area contributed by atoms with Gasteiger partial charge in [0.1, 0.15) is 12.4 Å². The van der Waals surface area contributed by atoms with Crippen molar-refractivity contribution in [1.82, 2.24) is 0 Å². The van der Waals surface area contributed by atoms with Gasteiger partial charge in [0.25, 0.3) is 0 Å². The van der Waals surface area contributed by atoms with Crippen LogP contribution >= 0.6 is 0 Å². The van der Waals surface area contributed by atoms with Gasteiger partial charge in [0.05, 0.1) is 19.3 Å². The quantitative estimate of drug-likeness (QED) is 0.779. The minimum absolute atomic E-state index is 0.0175. The molecule has 1 aromatic carbocycles. The molecule has 0 fully saturated rings. The van der Waals surface area contributed by atoms with Crippen molar-refractivity contribution in [2.75, 3.05) is 19.8 Å². The van der Waals surface area contributed by atoms with E-state index in [9.17, 15) is 18.3 Å². The van der Waals surface area contributed by atoms with E-state index in [4.69, 9.17) is 4.74 Å². The summed E-state index contributed by atoms with van der Waals surface area (Å²) >= 11 is 0. The van der Waals surface area contributed by atoms with Gasteiger partial charge >= 0.3 is 6.18 Å². The standard InChI is InChI=1S/C13H17F3O3/c1-10(17)11-5-2-3-6-12(11)19-8-4-7-18-9-13(14,15)16/h2-3,5-6,10,17H,4,7-9H2,1H3. The van der Waals surface area contributed by atoms with Crippen LogP contribution in [0.2, 0.25) is 0 Å². The van der Waals surface area contributed by atoms with Gasteiger partial charge in [-0.2, -0.15) is 13.2 Å². The largest absolute Gasteiger partial charge is 0.493 e. The van der Waals surface area contributed by atoms with Gasteiger partial charge in [-0.3, -0.25) is 0 Å². The smallest absolute Gasteiger partial charge is 0.411 e. The third-order valence-electron chi connectivity index (χ3n) is 2.33. The molecule has 1 atom stereocenters. The normalized spacial score (nSPS) is 13.3. The summed E-state index contributed by atoms with van der Waals surface area (Å²) in [6.07, 6.45) is -4.60. The van der Waals surface area contributed by atoms with Gasteiger partial charge in [-0.1, -0.05) is 18.2 Å². The van der Waals surface area contributed by atoms with E-state index in [-0.39, 0.29) is 13.2 Å². The van der Waals surface area contributed by atoms with Crippen molar-refractivity contribution in [3.05, 3.63) is 29.8 Å². The Morgan fingerprint density at radius 3 is 2.53 bits per heavy atom. The second kappa shape index (κ2) is 7.35. The monoisotopic (exact) mass is 278 g/mol.